The van der Waals surface area contributed by atoms with Crippen molar-refractivity contribution in [3.05, 3.63) is 59.7 Å². The van der Waals surface area contributed by atoms with E-state index in [1.807, 2.05) is 36.4 Å². The van der Waals surface area contributed by atoms with Crippen LogP contribution in [0.2, 0.25) is 0 Å². The van der Waals surface area contributed by atoms with Crippen molar-refractivity contribution in [3.63, 3.8) is 0 Å². The number of hydrogen-bond donors (Lipinski definition) is 1. The Morgan fingerprint density at radius 2 is 1.77 bits per heavy atom. The second-order valence-corrected chi connectivity index (χ2v) is 7.19. The predicted octanol–water partition coefficient (Wildman–Crippen LogP) is 3.68. The molecule has 0 aromatic heterocycles. The first-order valence-electron chi connectivity index (χ1n) is 10.2. The lowest BCUT2D eigenvalue weighted by Crippen LogP contribution is -2.36. The minimum Gasteiger partial charge on any atom is -0.497 e. The molecule has 1 fully saturated rings. The van der Waals surface area contributed by atoms with Gasteiger partial charge in [0, 0.05) is 23.7 Å². The number of nitrogens with one attached hydrogen (secondary N) is 1. The van der Waals surface area contributed by atoms with Crippen molar-refractivity contribution in [2.45, 2.75) is 18.9 Å². The molecule has 6 heteroatoms. The van der Waals surface area contributed by atoms with E-state index in [0.29, 0.717) is 18.0 Å². The van der Waals surface area contributed by atoms with Crippen LogP contribution in [0.15, 0.2) is 48.5 Å². The third-order valence-corrected chi connectivity index (χ3v) is 5.40. The van der Waals surface area contributed by atoms with Crippen molar-refractivity contribution < 1.29 is 19.0 Å². The van der Waals surface area contributed by atoms with Crippen molar-refractivity contribution in [2.75, 3.05) is 41.0 Å². The molecule has 0 bridgehead atoms. The molecule has 1 saturated heterocycles. The van der Waals surface area contributed by atoms with Gasteiger partial charge in [-0.25, -0.2) is 0 Å². The SMILES string of the molecule is COc1ccc(OC)c(/C=C/C(=O)NCC(c2ccccc2OC)N2CCCC2)c1. The van der Waals surface area contributed by atoms with Gasteiger partial charge in [0.05, 0.1) is 27.4 Å². The molecule has 3 rings (SSSR count). The van der Waals surface area contributed by atoms with Gasteiger partial charge in [-0.3, -0.25) is 9.69 Å². The molecule has 1 heterocycles. The summed E-state index contributed by atoms with van der Waals surface area (Å²) >= 11 is 0. The van der Waals surface area contributed by atoms with Gasteiger partial charge in [0.15, 0.2) is 0 Å². The number of hydrogen-bond acceptors (Lipinski definition) is 5. The zero-order chi connectivity index (χ0) is 21.3. The lowest BCUT2D eigenvalue weighted by molar-refractivity contribution is -0.116. The molecule has 0 spiro atoms. The quantitative estimate of drug-likeness (QED) is 0.639. The molecule has 160 valence electrons. The van der Waals surface area contributed by atoms with E-state index in [1.165, 1.54) is 18.9 Å². The van der Waals surface area contributed by atoms with Gasteiger partial charge in [-0.05, 0) is 56.3 Å². The minimum atomic E-state index is -0.154. The molecule has 1 atom stereocenters. The van der Waals surface area contributed by atoms with Crippen LogP contribution in [0.25, 0.3) is 6.08 Å². The first-order valence-corrected chi connectivity index (χ1v) is 10.2. The van der Waals surface area contributed by atoms with Crippen molar-refractivity contribution >= 4 is 12.0 Å². The number of nitrogens with zero attached hydrogens (tertiary/aromatic N) is 1. The molecule has 1 aliphatic heterocycles. The molecular formula is C24H30N2O4. The Hall–Kier alpha value is -2.99. The van der Waals surface area contributed by atoms with Crippen LogP contribution in [0.5, 0.6) is 17.2 Å². The van der Waals surface area contributed by atoms with E-state index < -0.39 is 0 Å². The first kappa shape index (κ1) is 21.7. The average molecular weight is 411 g/mol. The number of ether oxygens (including phenoxy) is 3. The Morgan fingerprint density at radius 1 is 1.03 bits per heavy atom. The summed E-state index contributed by atoms with van der Waals surface area (Å²) in [5, 5.41) is 3.05. The second-order valence-electron chi connectivity index (χ2n) is 7.19. The fourth-order valence-corrected chi connectivity index (χ4v) is 3.82. The number of rotatable bonds is 9. The number of carbonyl (C=O) groups is 1. The standard InChI is InChI=1S/C24H30N2O4/c1-28-19-11-12-22(29-2)18(16-19)10-13-24(27)25-17-21(26-14-6-7-15-26)20-8-4-5-9-23(20)30-3/h4-5,8-13,16,21H,6-7,14-15,17H2,1-3H3,(H,25,27)/b13-10+. The number of likely N-dealkylation sites (tertiary alicyclic amines) is 1. The monoisotopic (exact) mass is 410 g/mol. The lowest BCUT2D eigenvalue weighted by atomic mass is 10.0. The number of methoxy groups -OCH3 is 3. The van der Waals surface area contributed by atoms with Crippen LogP contribution in [0.3, 0.4) is 0 Å². The molecule has 1 N–H and O–H groups in total. The summed E-state index contributed by atoms with van der Waals surface area (Å²) in [5.74, 6) is 2.09. The Labute approximate surface area is 178 Å². The highest BCUT2D eigenvalue weighted by molar-refractivity contribution is 5.92. The topological polar surface area (TPSA) is 60.0 Å². The summed E-state index contributed by atoms with van der Waals surface area (Å²) < 4.78 is 16.2. The number of carbonyl (C=O) groups excluding carboxylic acids is 1. The molecule has 6 nitrogen and oxygen atoms in total. The highest BCUT2D eigenvalue weighted by Gasteiger charge is 2.26. The minimum absolute atomic E-state index is 0.0763. The van der Waals surface area contributed by atoms with Gasteiger partial charge in [-0.2, -0.15) is 0 Å². The highest BCUT2D eigenvalue weighted by Crippen LogP contribution is 2.31. The van der Waals surface area contributed by atoms with Crippen molar-refractivity contribution in [3.8, 4) is 17.2 Å². The summed E-state index contributed by atoms with van der Waals surface area (Å²) in [5.41, 5.74) is 1.88. The summed E-state index contributed by atoms with van der Waals surface area (Å²) in [6.45, 7) is 2.56. The fraction of sp³-hybridized carbons (Fsp3) is 0.375. The maximum absolute atomic E-state index is 12.6. The summed E-state index contributed by atoms with van der Waals surface area (Å²) in [4.78, 5) is 15.0. The van der Waals surface area contributed by atoms with Gasteiger partial charge in [-0.15, -0.1) is 0 Å². The van der Waals surface area contributed by atoms with Gasteiger partial charge < -0.3 is 19.5 Å². The second kappa shape index (κ2) is 10.7. The summed E-state index contributed by atoms with van der Waals surface area (Å²) in [7, 11) is 4.90. The molecule has 1 unspecified atom stereocenters. The third kappa shape index (κ3) is 5.33. The smallest absolute Gasteiger partial charge is 0.244 e. The van der Waals surface area contributed by atoms with Crippen LogP contribution >= 0.6 is 0 Å². The largest absolute Gasteiger partial charge is 0.497 e. The molecule has 30 heavy (non-hydrogen) atoms. The Balaban J connectivity index is 1.71. The zero-order valence-electron chi connectivity index (χ0n) is 17.9. The summed E-state index contributed by atoms with van der Waals surface area (Å²) in [6.07, 6.45) is 5.62. The van der Waals surface area contributed by atoms with E-state index in [2.05, 4.69) is 16.3 Å². The molecule has 1 amide bonds. The molecular weight excluding hydrogens is 380 g/mol. The molecule has 2 aromatic carbocycles. The third-order valence-electron chi connectivity index (χ3n) is 5.40. The van der Waals surface area contributed by atoms with Gasteiger partial charge in [0.1, 0.15) is 17.2 Å². The van der Waals surface area contributed by atoms with Crippen LogP contribution in [-0.2, 0) is 4.79 Å². The molecule has 2 aromatic rings. The fourth-order valence-electron chi connectivity index (χ4n) is 3.82. The maximum atomic E-state index is 12.6. The van der Waals surface area contributed by atoms with E-state index in [-0.39, 0.29) is 11.9 Å². The van der Waals surface area contributed by atoms with Crippen LogP contribution in [0.1, 0.15) is 30.0 Å². The predicted molar refractivity (Wildman–Crippen MR) is 118 cm³/mol. The normalized spacial score (nSPS) is 15.2. The Kier molecular flexibility index (Phi) is 7.74. The van der Waals surface area contributed by atoms with E-state index in [9.17, 15) is 4.79 Å². The van der Waals surface area contributed by atoms with Crippen LogP contribution in [-0.4, -0.2) is 51.8 Å². The average Bonchev–Trinajstić information content (AvgIpc) is 3.32. The van der Waals surface area contributed by atoms with Crippen molar-refractivity contribution in [1.82, 2.24) is 10.2 Å². The molecule has 0 aliphatic carbocycles. The maximum Gasteiger partial charge on any atom is 0.244 e. The molecule has 1 aliphatic rings. The number of para-hydroxylation sites is 1. The van der Waals surface area contributed by atoms with Crippen LogP contribution < -0.4 is 19.5 Å². The van der Waals surface area contributed by atoms with Crippen molar-refractivity contribution in [1.29, 1.82) is 0 Å². The van der Waals surface area contributed by atoms with E-state index in [4.69, 9.17) is 14.2 Å². The van der Waals surface area contributed by atoms with E-state index >= 15 is 0 Å². The van der Waals surface area contributed by atoms with Crippen LogP contribution in [0.4, 0.5) is 0 Å². The first-order chi connectivity index (χ1) is 14.7. The Morgan fingerprint density at radius 3 is 2.47 bits per heavy atom. The van der Waals surface area contributed by atoms with E-state index in [1.54, 1.807) is 27.4 Å². The zero-order valence-corrected chi connectivity index (χ0v) is 17.9. The molecule has 0 radical (unpaired) electrons. The van der Waals surface area contributed by atoms with Crippen molar-refractivity contribution in [2.24, 2.45) is 0 Å². The van der Waals surface area contributed by atoms with Gasteiger partial charge >= 0.3 is 0 Å². The Bertz CT molecular complexity index is 875. The number of benzene rings is 2. The van der Waals surface area contributed by atoms with Gasteiger partial charge in [0.2, 0.25) is 5.91 Å². The lowest BCUT2D eigenvalue weighted by Gasteiger charge is -2.29. The van der Waals surface area contributed by atoms with Crippen LogP contribution in [0, 0.1) is 0 Å². The van der Waals surface area contributed by atoms with Gasteiger partial charge in [0.25, 0.3) is 0 Å². The number of amides is 1. The summed E-state index contributed by atoms with van der Waals surface area (Å²) in [6, 6.07) is 13.6. The van der Waals surface area contributed by atoms with Gasteiger partial charge in [-0.1, -0.05) is 18.2 Å². The molecule has 0 saturated carbocycles. The van der Waals surface area contributed by atoms with E-state index in [0.717, 1.165) is 30.0 Å². The highest BCUT2D eigenvalue weighted by atomic mass is 16.5.